The van der Waals surface area contributed by atoms with Crippen molar-refractivity contribution in [3.63, 3.8) is 0 Å². The Bertz CT molecular complexity index is 3120. The van der Waals surface area contributed by atoms with Crippen LogP contribution in [0.3, 0.4) is 0 Å². The van der Waals surface area contributed by atoms with Crippen LogP contribution in [0.2, 0.25) is 0 Å². The first-order valence-corrected chi connectivity index (χ1v) is 18.2. The molecule has 0 aliphatic heterocycles. The van der Waals surface area contributed by atoms with Gasteiger partial charge in [0, 0.05) is 38.5 Å². The monoisotopic (exact) mass is 689 g/mol. The van der Waals surface area contributed by atoms with Crippen LogP contribution in [0, 0.1) is 0 Å². The lowest BCUT2D eigenvalue weighted by Gasteiger charge is -2.12. The van der Waals surface area contributed by atoms with Crippen molar-refractivity contribution in [3.05, 3.63) is 188 Å². The number of fused-ring (bicyclic) bond motifs is 10. The second-order valence-corrected chi connectivity index (χ2v) is 13.7. The highest BCUT2D eigenvalue weighted by Crippen LogP contribution is 2.40. The number of aromatic nitrogens is 5. The minimum absolute atomic E-state index is 0.714. The van der Waals surface area contributed by atoms with Gasteiger partial charge in [-0.2, -0.15) is 0 Å². The van der Waals surface area contributed by atoms with Gasteiger partial charge in [-0.15, -0.1) is 0 Å². The second-order valence-electron chi connectivity index (χ2n) is 13.7. The van der Waals surface area contributed by atoms with E-state index in [4.69, 9.17) is 15.0 Å². The Morgan fingerprint density at radius 1 is 0.370 bits per heavy atom. The van der Waals surface area contributed by atoms with E-state index in [1.165, 1.54) is 16.2 Å². The van der Waals surface area contributed by atoms with Crippen LogP contribution in [-0.4, -0.2) is 23.9 Å². The summed E-state index contributed by atoms with van der Waals surface area (Å²) in [5.74, 6) is 0.714. The molecule has 7 aromatic carbocycles. The fourth-order valence-electron chi connectivity index (χ4n) is 7.99. The van der Waals surface area contributed by atoms with Crippen molar-refractivity contribution in [2.45, 2.75) is 0 Å². The van der Waals surface area contributed by atoms with Gasteiger partial charge in [-0.05, 0) is 52.9 Å². The van der Waals surface area contributed by atoms with Crippen LogP contribution >= 0.6 is 0 Å². The van der Waals surface area contributed by atoms with E-state index in [9.17, 15) is 0 Å². The van der Waals surface area contributed by atoms with Crippen LogP contribution in [0.15, 0.2) is 188 Å². The lowest BCUT2D eigenvalue weighted by molar-refractivity contribution is 1.11. The first kappa shape index (κ1) is 30.3. The van der Waals surface area contributed by atoms with E-state index < -0.39 is 0 Å². The zero-order chi connectivity index (χ0) is 35.6. The van der Waals surface area contributed by atoms with E-state index in [2.05, 4.69) is 161 Å². The van der Waals surface area contributed by atoms with Gasteiger partial charge < -0.3 is 0 Å². The van der Waals surface area contributed by atoms with Crippen LogP contribution in [-0.2, 0) is 0 Å². The molecule has 54 heavy (non-hydrogen) atoms. The number of para-hydroxylation sites is 3. The lowest BCUT2D eigenvalue weighted by Crippen LogP contribution is -1.99. The highest BCUT2D eigenvalue weighted by molar-refractivity contribution is 6.23. The lowest BCUT2D eigenvalue weighted by atomic mass is 10.0. The molecule has 4 aromatic heterocycles. The third-order valence-corrected chi connectivity index (χ3v) is 10.5. The average molecular weight is 690 g/mol. The van der Waals surface area contributed by atoms with E-state index in [0.717, 1.165) is 78.1 Å². The molecule has 0 unspecified atom stereocenters. The molecular formula is C49H31N5. The largest absolute Gasteiger partial charge is 0.295 e. The first-order chi connectivity index (χ1) is 26.8. The summed E-state index contributed by atoms with van der Waals surface area (Å²) >= 11 is 0. The Kier molecular flexibility index (Phi) is 6.79. The minimum atomic E-state index is 0.714. The summed E-state index contributed by atoms with van der Waals surface area (Å²) in [5, 5.41) is 4.81. The van der Waals surface area contributed by atoms with Gasteiger partial charge in [0.1, 0.15) is 11.3 Å². The summed E-state index contributed by atoms with van der Waals surface area (Å²) < 4.78 is 4.74. The molecule has 0 atom stereocenters. The van der Waals surface area contributed by atoms with Gasteiger partial charge in [-0.1, -0.05) is 152 Å². The molecule has 252 valence electrons. The van der Waals surface area contributed by atoms with Crippen LogP contribution in [0.4, 0.5) is 0 Å². The summed E-state index contributed by atoms with van der Waals surface area (Å²) in [6.45, 7) is 0. The fraction of sp³-hybridized carbons (Fsp3) is 0. The van der Waals surface area contributed by atoms with Crippen LogP contribution in [0.25, 0.3) is 100 Å². The molecule has 0 saturated carbocycles. The molecule has 4 heterocycles. The Balaban J connectivity index is 1.03. The molecule has 0 radical (unpaired) electrons. The number of benzene rings is 7. The zero-order valence-electron chi connectivity index (χ0n) is 29.1. The van der Waals surface area contributed by atoms with Crippen molar-refractivity contribution >= 4 is 49.4 Å². The van der Waals surface area contributed by atoms with Gasteiger partial charge in [-0.3, -0.25) is 8.97 Å². The second kappa shape index (κ2) is 12.1. The fourth-order valence-corrected chi connectivity index (χ4v) is 7.99. The van der Waals surface area contributed by atoms with Crippen molar-refractivity contribution < 1.29 is 0 Å². The maximum absolute atomic E-state index is 5.16. The first-order valence-electron chi connectivity index (χ1n) is 18.2. The molecular weight excluding hydrogens is 659 g/mol. The number of pyridine rings is 1. The van der Waals surface area contributed by atoms with E-state index in [0.29, 0.717) is 5.82 Å². The third kappa shape index (κ3) is 4.76. The Labute approximate surface area is 311 Å². The molecule has 0 bridgehead atoms. The van der Waals surface area contributed by atoms with Crippen molar-refractivity contribution in [3.8, 4) is 50.7 Å². The summed E-state index contributed by atoms with van der Waals surface area (Å²) in [7, 11) is 0. The Morgan fingerprint density at radius 3 is 1.59 bits per heavy atom. The van der Waals surface area contributed by atoms with E-state index >= 15 is 0 Å². The Hall–Kier alpha value is -7.37. The number of imidazole rings is 1. The van der Waals surface area contributed by atoms with Gasteiger partial charge in [0.25, 0.3) is 0 Å². The number of hydrogen-bond acceptors (Lipinski definition) is 3. The number of nitrogens with zero attached hydrogens (tertiary/aromatic N) is 5. The minimum Gasteiger partial charge on any atom is -0.295 e. The van der Waals surface area contributed by atoms with Gasteiger partial charge >= 0.3 is 0 Å². The Morgan fingerprint density at radius 2 is 0.889 bits per heavy atom. The van der Waals surface area contributed by atoms with Crippen LogP contribution < -0.4 is 0 Å². The maximum atomic E-state index is 5.16. The van der Waals surface area contributed by atoms with E-state index in [1.807, 2.05) is 36.4 Å². The van der Waals surface area contributed by atoms with E-state index in [-0.39, 0.29) is 0 Å². The van der Waals surface area contributed by atoms with Gasteiger partial charge in [0.15, 0.2) is 5.82 Å². The molecule has 11 aromatic rings. The highest BCUT2D eigenvalue weighted by Gasteiger charge is 2.21. The molecule has 0 saturated heterocycles. The predicted molar refractivity (Wildman–Crippen MR) is 222 cm³/mol. The normalized spacial score (nSPS) is 11.7. The summed E-state index contributed by atoms with van der Waals surface area (Å²) in [4.78, 5) is 15.1. The summed E-state index contributed by atoms with van der Waals surface area (Å²) in [6.07, 6.45) is 0. The summed E-state index contributed by atoms with van der Waals surface area (Å²) in [6, 6.07) is 66.0. The quantitative estimate of drug-likeness (QED) is 0.181. The van der Waals surface area contributed by atoms with E-state index in [1.54, 1.807) is 0 Å². The van der Waals surface area contributed by atoms with Crippen molar-refractivity contribution in [1.29, 1.82) is 0 Å². The molecule has 5 nitrogen and oxygen atoms in total. The molecule has 0 aliphatic carbocycles. The predicted octanol–water partition coefficient (Wildman–Crippen LogP) is 12.2. The average Bonchev–Trinajstić information content (AvgIpc) is 3.81. The summed E-state index contributed by atoms with van der Waals surface area (Å²) in [5.41, 5.74) is 13.6. The topological polar surface area (TPSA) is 48.0 Å². The SMILES string of the molecule is c1ccc(-c2cc(-c3ccc(-c4ccc(-n5c6ccccc6c6c7ccccc7c7nc8ccccc8n7c65)cc4)cc3)nc(-c3ccccc3)n2)cc1. The standard InChI is InChI=1S/C49H31N5/c1-3-13-34(14-4-1)42-31-43(51-47(50-42)36-15-5-2-6-16-36)35-25-23-32(24-26-35)33-27-29-37(30-28-33)53-44-21-11-9-19-40(44)46-38-17-7-8-18-39(38)48-52-41-20-10-12-22-45(41)54(48)49(46)53/h1-31H. The molecule has 5 heteroatoms. The van der Waals surface area contributed by atoms with Crippen LogP contribution in [0.1, 0.15) is 0 Å². The smallest absolute Gasteiger partial charge is 0.160 e. The molecule has 0 N–H and O–H groups in total. The molecule has 0 fully saturated rings. The van der Waals surface area contributed by atoms with Crippen molar-refractivity contribution in [1.82, 2.24) is 23.9 Å². The van der Waals surface area contributed by atoms with Crippen molar-refractivity contribution in [2.75, 3.05) is 0 Å². The number of rotatable bonds is 5. The molecule has 0 aliphatic rings. The van der Waals surface area contributed by atoms with Gasteiger partial charge in [0.2, 0.25) is 0 Å². The molecule has 0 spiro atoms. The molecule has 11 rings (SSSR count). The van der Waals surface area contributed by atoms with Gasteiger partial charge in [0.05, 0.1) is 27.9 Å². The molecule has 0 amide bonds. The van der Waals surface area contributed by atoms with Gasteiger partial charge in [-0.25, -0.2) is 15.0 Å². The number of hydrogen-bond donors (Lipinski definition) is 0. The maximum Gasteiger partial charge on any atom is 0.160 e. The third-order valence-electron chi connectivity index (χ3n) is 10.5. The highest BCUT2D eigenvalue weighted by atomic mass is 15.1. The van der Waals surface area contributed by atoms with Crippen LogP contribution in [0.5, 0.6) is 0 Å². The zero-order valence-corrected chi connectivity index (χ0v) is 29.1. The van der Waals surface area contributed by atoms with Crippen molar-refractivity contribution in [2.24, 2.45) is 0 Å².